The molecule has 1 aromatic heterocycles. The summed E-state index contributed by atoms with van der Waals surface area (Å²) in [5.41, 5.74) is 10.1. The molecule has 2 N–H and O–H groups in total. The van der Waals surface area contributed by atoms with Crippen molar-refractivity contribution in [2.45, 2.75) is 39.7 Å². The Bertz CT molecular complexity index is 816. The molecule has 1 aromatic carbocycles. The van der Waals surface area contributed by atoms with Gasteiger partial charge in [-0.25, -0.2) is 4.79 Å². The Morgan fingerprint density at radius 1 is 1.21 bits per heavy atom. The van der Waals surface area contributed by atoms with E-state index in [1.807, 2.05) is 32.9 Å². The number of benzene rings is 1. The highest BCUT2D eigenvalue weighted by atomic mass is 16.5. The van der Waals surface area contributed by atoms with E-state index < -0.39 is 5.97 Å². The molecule has 0 aliphatic heterocycles. The first-order chi connectivity index (χ1) is 11.4. The summed E-state index contributed by atoms with van der Waals surface area (Å²) in [5, 5.41) is 0. The van der Waals surface area contributed by atoms with Gasteiger partial charge in [-0.05, 0) is 51.3 Å². The van der Waals surface area contributed by atoms with Crippen molar-refractivity contribution >= 4 is 17.4 Å². The van der Waals surface area contributed by atoms with Crippen LogP contribution >= 0.6 is 0 Å². The van der Waals surface area contributed by atoms with Crippen molar-refractivity contribution in [1.29, 1.82) is 0 Å². The zero-order chi connectivity index (χ0) is 17.4. The molecule has 1 aliphatic carbocycles. The molecular weight excluding hydrogens is 304 g/mol. The van der Waals surface area contributed by atoms with Crippen molar-refractivity contribution in [2.75, 3.05) is 12.3 Å². The molecule has 5 heteroatoms. The van der Waals surface area contributed by atoms with Crippen LogP contribution in [0.15, 0.2) is 24.3 Å². The lowest BCUT2D eigenvalue weighted by Crippen LogP contribution is -2.16. The number of esters is 1. The summed E-state index contributed by atoms with van der Waals surface area (Å²) in [7, 11) is 0. The zero-order valence-electron chi connectivity index (χ0n) is 14.3. The lowest BCUT2D eigenvalue weighted by molar-refractivity contribution is 0.0475. The second-order valence-electron chi connectivity index (χ2n) is 6.42. The maximum Gasteiger partial charge on any atom is 0.340 e. The number of carbonyl (C=O) groups is 2. The van der Waals surface area contributed by atoms with Crippen LogP contribution in [0.5, 0.6) is 0 Å². The van der Waals surface area contributed by atoms with Crippen molar-refractivity contribution in [2.24, 2.45) is 0 Å². The van der Waals surface area contributed by atoms with Crippen LogP contribution in [0, 0.1) is 20.8 Å². The first kappa shape index (κ1) is 16.3. The lowest BCUT2D eigenvalue weighted by Gasteiger charge is -2.09. The quantitative estimate of drug-likeness (QED) is 0.519. The van der Waals surface area contributed by atoms with E-state index in [1.165, 1.54) is 0 Å². The van der Waals surface area contributed by atoms with Gasteiger partial charge in [0.05, 0.1) is 5.56 Å². The molecule has 1 saturated carbocycles. The normalized spacial score (nSPS) is 13.8. The summed E-state index contributed by atoms with van der Waals surface area (Å²) >= 11 is 0. The van der Waals surface area contributed by atoms with Gasteiger partial charge in [0.1, 0.15) is 0 Å². The van der Waals surface area contributed by atoms with Gasteiger partial charge >= 0.3 is 5.97 Å². The third-order valence-electron chi connectivity index (χ3n) is 4.58. The SMILES string of the molecule is Cc1cccc(C(=O)OCC(=O)c2cc(C)n(C3CC3)c2C)c1N. The van der Waals surface area contributed by atoms with Crippen molar-refractivity contribution in [3.63, 3.8) is 0 Å². The minimum absolute atomic E-state index is 0.186. The third kappa shape index (κ3) is 2.94. The Kier molecular flexibility index (Phi) is 4.18. The fourth-order valence-electron chi connectivity index (χ4n) is 3.10. The van der Waals surface area contributed by atoms with Gasteiger partial charge in [0.15, 0.2) is 6.61 Å². The molecule has 1 aliphatic rings. The summed E-state index contributed by atoms with van der Waals surface area (Å²) in [6.45, 7) is 5.49. The van der Waals surface area contributed by atoms with Gasteiger partial charge in [-0.1, -0.05) is 12.1 Å². The summed E-state index contributed by atoms with van der Waals surface area (Å²) < 4.78 is 7.38. The number of para-hydroxylation sites is 1. The average molecular weight is 326 g/mol. The number of nitrogens with two attached hydrogens (primary N) is 1. The van der Waals surface area contributed by atoms with Gasteiger partial charge in [-0.3, -0.25) is 4.79 Å². The zero-order valence-corrected chi connectivity index (χ0v) is 14.3. The van der Waals surface area contributed by atoms with Crippen LogP contribution in [0.2, 0.25) is 0 Å². The fourth-order valence-corrected chi connectivity index (χ4v) is 3.10. The summed E-state index contributed by atoms with van der Waals surface area (Å²) in [6.07, 6.45) is 2.32. The number of anilines is 1. The number of Topliss-reactive ketones (excluding diaryl/α,β-unsaturated/α-hetero) is 1. The van der Waals surface area contributed by atoms with Crippen molar-refractivity contribution in [1.82, 2.24) is 4.57 Å². The molecule has 0 radical (unpaired) electrons. The highest BCUT2D eigenvalue weighted by Crippen LogP contribution is 2.38. The van der Waals surface area contributed by atoms with Crippen LogP contribution in [-0.2, 0) is 4.74 Å². The number of ether oxygens (including phenoxy) is 1. The Morgan fingerprint density at radius 3 is 2.58 bits per heavy atom. The lowest BCUT2D eigenvalue weighted by atomic mass is 10.1. The Morgan fingerprint density at radius 2 is 1.92 bits per heavy atom. The second kappa shape index (κ2) is 6.15. The van der Waals surface area contributed by atoms with E-state index in [4.69, 9.17) is 10.5 Å². The Balaban J connectivity index is 1.71. The molecule has 24 heavy (non-hydrogen) atoms. The maximum absolute atomic E-state index is 12.4. The van der Waals surface area contributed by atoms with Crippen molar-refractivity contribution < 1.29 is 14.3 Å². The molecule has 0 atom stereocenters. The number of hydrogen-bond acceptors (Lipinski definition) is 4. The number of carbonyl (C=O) groups excluding carboxylic acids is 2. The van der Waals surface area contributed by atoms with Gasteiger partial charge in [0.25, 0.3) is 0 Å². The molecule has 0 saturated heterocycles. The van der Waals surface area contributed by atoms with Crippen LogP contribution < -0.4 is 5.73 Å². The first-order valence-corrected chi connectivity index (χ1v) is 8.14. The fraction of sp³-hybridized carbons (Fsp3) is 0.368. The molecule has 0 spiro atoms. The molecule has 126 valence electrons. The van der Waals surface area contributed by atoms with Crippen molar-refractivity contribution in [3.05, 3.63) is 52.3 Å². The monoisotopic (exact) mass is 326 g/mol. The molecule has 0 bridgehead atoms. The van der Waals surface area contributed by atoms with Gasteiger partial charge in [0.2, 0.25) is 5.78 Å². The number of aromatic nitrogens is 1. The van der Waals surface area contributed by atoms with Crippen LogP contribution in [-0.4, -0.2) is 22.9 Å². The smallest absolute Gasteiger partial charge is 0.340 e. The first-order valence-electron chi connectivity index (χ1n) is 8.14. The van der Waals surface area contributed by atoms with E-state index in [0.29, 0.717) is 22.9 Å². The van der Waals surface area contributed by atoms with E-state index in [-0.39, 0.29) is 12.4 Å². The third-order valence-corrected chi connectivity index (χ3v) is 4.58. The van der Waals surface area contributed by atoms with E-state index in [2.05, 4.69) is 4.57 Å². The highest BCUT2D eigenvalue weighted by molar-refractivity contribution is 6.01. The van der Waals surface area contributed by atoms with Crippen molar-refractivity contribution in [3.8, 4) is 0 Å². The van der Waals surface area contributed by atoms with Gasteiger partial charge in [-0.2, -0.15) is 0 Å². The Hall–Kier alpha value is -2.56. The number of nitrogen functional groups attached to an aromatic ring is 1. The molecule has 1 heterocycles. The van der Waals surface area contributed by atoms with Gasteiger partial charge in [0, 0.05) is 28.7 Å². The molecule has 2 aromatic rings. The summed E-state index contributed by atoms with van der Waals surface area (Å²) in [5.74, 6) is -0.755. The number of aryl methyl sites for hydroxylation is 2. The molecule has 5 nitrogen and oxygen atoms in total. The molecule has 1 fully saturated rings. The van der Waals surface area contributed by atoms with Crippen LogP contribution in [0.1, 0.15) is 56.6 Å². The minimum Gasteiger partial charge on any atom is -0.454 e. The van der Waals surface area contributed by atoms with Gasteiger partial charge < -0.3 is 15.0 Å². The summed E-state index contributed by atoms with van der Waals surface area (Å²) in [6, 6.07) is 7.57. The minimum atomic E-state index is -0.569. The largest absolute Gasteiger partial charge is 0.454 e. The number of rotatable bonds is 5. The standard InChI is InChI=1S/C19H22N2O3/c1-11-5-4-6-15(18(11)20)19(23)24-10-17(22)16-9-12(2)21(13(16)3)14-7-8-14/h4-6,9,14H,7-8,10,20H2,1-3H3. The number of hydrogen-bond donors (Lipinski definition) is 1. The average Bonchev–Trinajstić information content (AvgIpc) is 3.33. The number of ketones is 1. The predicted molar refractivity (Wildman–Crippen MR) is 92.4 cm³/mol. The maximum atomic E-state index is 12.4. The molecule has 3 rings (SSSR count). The van der Waals surface area contributed by atoms with E-state index in [1.54, 1.807) is 12.1 Å². The summed E-state index contributed by atoms with van der Waals surface area (Å²) in [4.78, 5) is 24.6. The molecular formula is C19H22N2O3. The second-order valence-corrected chi connectivity index (χ2v) is 6.42. The highest BCUT2D eigenvalue weighted by Gasteiger charge is 2.28. The van der Waals surface area contributed by atoms with Gasteiger partial charge in [-0.15, -0.1) is 0 Å². The predicted octanol–water partition coefficient (Wildman–Crippen LogP) is 3.37. The molecule has 0 unspecified atom stereocenters. The molecule has 0 amide bonds. The van der Waals surface area contributed by atoms with E-state index in [9.17, 15) is 9.59 Å². The Labute approximate surface area is 141 Å². The number of nitrogens with zero attached hydrogens (tertiary/aromatic N) is 1. The van der Waals surface area contributed by atoms with E-state index in [0.717, 1.165) is 29.8 Å². The topological polar surface area (TPSA) is 74.3 Å². The van der Waals surface area contributed by atoms with Crippen LogP contribution in [0.25, 0.3) is 0 Å². The van der Waals surface area contributed by atoms with E-state index >= 15 is 0 Å². The van der Waals surface area contributed by atoms with Crippen LogP contribution in [0.3, 0.4) is 0 Å². The van der Waals surface area contributed by atoms with Crippen LogP contribution in [0.4, 0.5) is 5.69 Å².